The number of hydrogen-bond donors (Lipinski definition) is 0. The number of carbonyl (C=O) groups is 1. The van der Waals surface area contributed by atoms with Crippen LogP contribution >= 0.6 is 0 Å². The van der Waals surface area contributed by atoms with Crippen molar-refractivity contribution in [2.75, 3.05) is 0 Å². The first-order valence-corrected chi connectivity index (χ1v) is 1.56. The minimum Gasteiger partial charge on any atom is -0.878 e. The van der Waals surface area contributed by atoms with Crippen molar-refractivity contribution in [1.82, 2.24) is 0 Å². The Morgan fingerprint density at radius 3 is 2.14 bits per heavy atom. The van der Waals surface area contributed by atoms with Crippen molar-refractivity contribution in [2.45, 2.75) is 6.92 Å². The van der Waals surface area contributed by atoms with E-state index in [1.807, 2.05) is 0 Å². The zero-order valence-electron chi connectivity index (χ0n) is 4.47. The molecule has 2 nitrogen and oxygen atoms in total. The summed E-state index contributed by atoms with van der Waals surface area (Å²) >= 11 is 0. The molecule has 34 valence electrons. The van der Waals surface area contributed by atoms with Crippen LogP contribution in [0.1, 0.15) is 6.92 Å². The van der Waals surface area contributed by atoms with Crippen molar-refractivity contribution in [2.24, 2.45) is 0 Å². The van der Waals surface area contributed by atoms with Crippen LogP contribution in [-0.2, 0) is 4.79 Å². The molecule has 0 N–H and O–H groups in total. The maximum absolute atomic E-state index is 9.76. The van der Waals surface area contributed by atoms with Crippen LogP contribution in [0.3, 0.4) is 0 Å². The Labute approximate surface area is 85.0 Å². The molecule has 0 saturated carbocycles. The molecule has 0 bridgehead atoms. The smallest absolute Gasteiger partial charge is 0.878 e. The standard InChI is InChI=1S/C4H6O2.K/c1-4(6)2-3-5;/h2-3,5H,1H3;/q;+1/p-1. The van der Waals surface area contributed by atoms with Crippen LogP contribution in [0.15, 0.2) is 12.3 Å². The molecule has 3 heteroatoms. The van der Waals surface area contributed by atoms with Crippen LogP contribution < -0.4 is 56.5 Å². The van der Waals surface area contributed by atoms with Gasteiger partial charge in [0.1, 0.15) is 0 Å². The molecule has 0 aromatic rings. The number of allylic oxidation sites excluding steroid dienone is 1. The van der Waals surface area contributed by atoms with Gasteiger partial charge in [-0.15, -0.1) is 6.26 Å². The summed E-state index contributed by atoms with van der Waals surface area (Å²) in [6, 6.07) is 0. The molecular formula is C4H5KO2. The maximum atomic E-state index is 9.76. The number of carbonyl (C=O) groups excluding carboxylic acids is 1. The van der Waals surface area contributed by atoms with Crippen molar-refractivity contribution in [3.63, 3.8) is 0 Å². The van der Waals surface area contributed by atoms with E-state index < -0.39 is 0 Å². The van der Waals surface area contributed by atoms with Crippen LogP contribution in [0.5, 0.6) is 0 Å². The van der Waals surface area contributed by atoms with E-state index in [2.05, 4.69) is 0 Å². The molecule has 0 rings (SSSR count). The monoisotopic (exact) mass is 124 g/mol. The number of ketones is 1. The molecule has 0 atom stereocenters. The second-order valence-corrected chi connectivity index (χ2v) is 0.913. The van der Waals surface area contributed by atoms with Crippen molar-refractivity contribution in [3.05, 3.63) is 12.3 Å². The van der Waals surface area contributed by atoms with E-state index in [9.17, 15) is 9.90 Å². The zero-order chi connectivity index (χ0) is 4.99. The second-order valence-electron chi connectivity index (χ2n) is 0.913. The molecule has 0 aliphatic rings. The fourth-order valence-corrected chi connectivity index (χ4v) is 0.0958. The third kappa shape index (κ3) is 10.9. The molecule has 0 spiro atoms. The van der Waals surface area contributed by atoms with Crippen LogP contribution in [0.2, 0.25) is 0 Å². The number of hydrogen-bond acceptors (Lipinski definition) is 2. The molecule has 0 aliphatic carbocycles. The minimum atomic E-state index is -0.204. The topological polar surface area (TPSA) is 40.1 Å². The zero-order valence-corrected chi connectivity index (χ0v) is 7.59. The molecule has 0 heterocycles. The van der Waals surface area contributed by atoms with Gasteiger partial charge in [0.2, 0.25) is 0 Å². The minimum absolute atomic E-state index is 0. The van der Waals surface area contributed by atoms with E-state index in [0.29, 0.717) is 6.26 Å². The summed E-state index contributed by atoms with van der Waals surface area (Å²) in [6.07, 6.45) is 1.45. The van der Waals surface area contributed by atoms with Gasteiger partial charge in [-0.1, -0.05) is 0 Å². The molecule has 0 radical (unpaired) electrons. The average molecular weight is 124 g/mol. The fraction of sp³-hybridized carbons (Fsp3) is 0.250. The molecule has 7 heavy (non-hydrogen) atoms. The van der Waals surface area contributed by atoms with E-state index in [4.69, 9.17) is 0 Å². The quantitative estimate of drug-likeness (QED) is 0.206. The summed E-state index contributed by atoms with van der Waals surface area (Å²) < 4.78 is 0. The predicted molar refractivity (Wildman–Crippen MR) is 19.8 cm³/mol. The molecule has 0 amide bonds. The number of rotatable bonds is 1. The Morgan fingerprint density at radius 1 is 1.71 bits per heavy atom. The van der Waals surface area contributed by atoms with Gasteiger partial charge in [-0.25, -0.2) is 0 Å². The Balaban J connectivity index is 0. The first-order chi connectivity index (χ1) is 2.77. The Kier molecular flexibility index (Phi) is 10.5. The first-order valence-electron chi connectivity index (χ1n) is 1.56. The van der Waals surface area contributed by atoms with Crippen molar-refractivity contribution < 1.29 is 61.3 Å². The van der Waals surface area contributed by atoms with Gasteiger partial charge in [0.15, 0.2) is 5.78 Å². The maximum Gasteiger partial charge on any atom is 1.00 e. The van der Waals surface area contributed by atoms with E-state index in [1.54, 1.807) is 0 Å². The summed E-state index contributed by atoms with van der Waals surface area (Å²) in [5, 5.41) is 9.34. The largest absolute Gasteiger partial charge is 1.00 e. The van der Waals surface area contributed by atoms with Gasteiger partial charge < -0.3 is 5.11 Å². The van der Waals surface area contributed by atoms with Crippen molar-refractivity contribution >= 4 is 5.78 Å². The molecule has 0 aromatic carbocycles. The summed E-state index contributed by atoms with van der Waals surface area (Å²) in [7, 11) is 0. The SMILES string of the molecule is CC(=O)C=C[O-].[K+]. The van der Waals surface area contributed by atoms with Gasteiger partial charge in [0.25, 0.3) is 0 Å². The van der Waals surface area contributed by atoms with Gasteiger partial charge in [-0.05, 0) is 13.0 Å². The molecule has 0 saturated heterocycles. The van der Waals surface area contributed by atoms with Crippen molar-refractivity contribution in [1.29, 1.82) is 0 Å². The molecule has 0 aromatic heterocycles. The van der Waals surface area contributed by atoms with Crippen LogP contribution in [0, 0.1) is 0 Å². The van der Waals surface area contributed by atoms with Crippen LogP contribution in [0.25, 0.3) is 0 Å². The van der Waals surface area contributed by atoms with Gasteiger partial charge in [-0.2, -0.15) is 0 Å². The summed E-state index contributed by atoms with van der Waals surface area (Å²) in [5.74, 6) is -0.204. The van der Waals surface area contributed by atoms with E-state index in [-0.39, 0.29) is 57.2 Å². The summed E-state index contributed by atoms with van der Waals surface area (Å²) in [6.45, 7) is 1.33. The first kappa shape index (κ1) is 10.8. The van der Waals surface area contributed by atoms with E-state index in [0.717, 1.165) is 6.08 Å². The second kappa shape index (κ2) is 6.85. The van der Waals surface area contributed by atoms with Gasteiger partial charge in [0.05, 0.1) is 0 Å². The fourth-order valence-electron chi connectivity index (χ4n) is 0.0958. The Hall–Kier alpha value is 0.846. The van der Waals surface area contributed by atoms with Gasteiger partial charge in [0, 0.05) is 0 Å². The van der Waals surface area contributed by atoms with Gasteiger partial charge in [-0.3, -0.25) is 4.79 Å². The Bertz CT molecular complexity index is 77.8. The average Bonchev–Trinajstić information content (AvgIpc) is 1.35. The Morgan fingerprint density at radius 2 is 2.14 bits per heavy atom. The normalized spacial score (nSPS) is 8.14. The summed E-state index contributed by atoms with van der Waals surface area (Å²) in [5.41, 5.74) is 0. The molecule has 0 unspecified atom stereocenters. The van der Waals surface area contributed by atoms with Crippen molar-refractivity contribution in [3.8, 4) is 0 Å². The van der Waals surface area contributed by atoms with Crippen LogP contribution in [0.4, 0.5) is 0 Å². The third-order valence-electron chi connectivity index (χ3n) is 0.303. The predicted octanol–water partition coefficient (Wildman–Crippen LogP) is -3.55. The van der Waals surface area contributed by atoms with E-state index in [1.165, 1.54) is 6.92 Å². The summed E-state index contributed by atoms with van der Waals surface area (Å²) in [4.78, 5) is 9.76. The third-order valence-corrected chi connectivity index (χ3v) is 0.303. The molecule has 0 fully saturated rings. The molecular weight excluding hydrogens is 119 g/mol. The molecule has 0 aliphatic heterocycles. The van der Waals surface area contributed by atoms with Crippen LogP contribution in [-0.4, -0.2) is 5.78 Å². The van der Waals surface area contributed by atoms with E-state index >= 15 is 0 Å². The van der Waals surface area contributed by atoms with Gasteiger partial charge >= 0.3 is 51.4 Å².